The Morgan fingerprint density at radius 2 is 1.77 bits per heavy atom. The quantitative estimate of drug-likeness (QED) is 0.284. The van der Waals surface area contributed by atoms with Crippen molar-refractivity contribution in [1.82, 2.24) is 16.2 Å². The smallest absolute Gasteiger partial charge is 0.186 e. The lowest BCUT2D eigenvalue weighted by molar-refractivity contribution is 0.974. The second-order valence-electron chi connectivity index (χ2n) is 4.28. The topological polar surface area (TPSA) is 60.8 Å². The van der Waals surface area contributed by atoms with Crippen molar-refractivity contribution in [2.75, 3.05) is 7.05 Å². The van der Waals surface area contributed by atoms with Crippen molar-refractivity contribution in [2.24, 2.45) is 10.2 Å². The maximum atomic E-state index is 5.10. The van der Waals surface area contributed by atoms with Gasteiger partial charge in [-0.2, -0.15) is 10.2 Å². The van der Waals surface area contributed by atoms with Crippen LogP contribution in [0.2, 0.25) is 0 Å². The molecule has 118 valence electrons. The van der Waals surface area contributed by atoms with Crippen LogP contribution in [0.4, 0.5) is 0 Å². The maximum absolute atomic E-state index is 5.10. The average Bonchev–Trinajstić information content (AvgIpc) is 2.53. The third-order valence-electron chi connectivity index (χ3n) is 2.65. The Morgan fingerprint density at radius 1 is 1.14 bits per heavy atom. The highest BCUT2D eigenvalue weighted by Crippen LogP contribution is 2.09. The highest BCUT2D eigenvalue weighted by atomic mass is 32.1. The van der Waals surface area contributed by atoms with Crippen molar-refractivity contribution >= 4 is 58.6 Å². The zero-order chi connectivity index (χ0) is 16.5. The molecule has 0 atom stereocenters. The number of benzene rings is 1. The zero-order valence-electron chi connectivity index (χ0n) is 12.7. The van der Waals surface area contributed by atoms with Crippen molar-refractivity contribution in [3.05, 3.63) is 29.8 Å². The molecule has 3 N–H and O–H groups in total. The van der Waals surface area contributed by atoms with Gasteiger partial charge >= 0.3 is 0 Å². The van der Waals surface area contributed by atoms with Gasteiger partial charge in [0, 0.05) is 17.5 Å². The molecule has 0 aliphatic carbocycles. The molecule has 0 aliphatic rings. The molecule has 22 heavy (non-hydrogen) atoms. The van der Waals surface area contributed by atoms with Crippen molar-refractivity contribution in [3.8, 4) is 0 Å². The van der Waals surface area contributed by atoms with Gasteiger partial charge in [0.15, 0.2) is 5.11 Å². The number of hydrogen-bond acceptors (Lipinski definition) is 5. The Bertz CT molecular complexity index is 593. The highest BCUT2D eigenvalue weighted by molar-refractivity contribution is 7.80. The molecule has 1 rings (SSSR count). The van der Waals surface area contributed by atoms with E-state index < -0.39 is 0 Å². The van der Waals surface area contributed by atoms with E-state index in [2.05, 4.69) is 39.0 Å². The summed E-state index contributed by atoms with van der Waals surface area (Å²) in [4.78, 5) is 1.55. The van der Waals surface area contributed by atoms with Gasteiger partial charge in [-0.25, -0.2) is 0 Å². The third-order valence-corrected chi connectivity index (χ3v) is 3.62. The Morgan fingerprint density at radius 3 is 2.32 bits per heavy atom. The van der Waals surface area contributed by atoms with Crippen molar-refractivity contribution in [3.63, 3.8) is 0 Å². The van der Waals surface area contributed by atoms with Gasteiger partial charge in [-0.05, 0) is 37.7 Å². The first-order valence-corrected chi connectivity index (χ1v) is 7.92. The zero-order valence-corrected chi connectivity index (χ0v) is 15.2. The van der Waals surface area contributed by atoms with E-state index in [1.807, 2.05) is 38.1 Å². The summed E-state index contributed by atoms with van der Waals surface area (Å²) in [7, 11) is 1.72. The Hall–Kier alpha value is -1.51. The summed E-state index contributed by atoms with van der Waals surface area (Å²) in [5.41, 5.74) is 7.87. The second-order valence-corrected chi connectivity index (χ2v) is 5.70. The summed E-state index contributed by atoms with van der Waals surface area (Å²) in [5.74, 6) is 0. The summed E-state index contributed by atoms with van der Waals surface area (Å²) in [6.45, 7) is 3.82. The van der Waals surface area contributed by atoms with Gasteiger partial charge in [-0.1, -0.05) is 31.3 Å². The number of nitrogens with one attached hydrogen (secondary N) is 3. The van der Waals surface area contributed by atoms with Gasteiger partial charge < -0.3 is 5.32 Å². The molecule has 0 fully saturated rings. The first-order valence-electron chi connectivity index (χ1n) is 6.66. The average molecular weight is 354 g/mol. The number of hydrogen-bond donors (Lipinski definition) is 4. The number of thiol groups is 1. The van der Waals surface area contributed by atoms with Gasteiger partial charge in [0.2, 0.25) is 0 Å². The van der Waals surface area contributed by atoms with Gasteiger partial charge in [-0.3, -0.25) is 10.9 Å². The molecule has 0 aromatic heterocycles. The van der Waals surface area contributed by atoms with Gasteiger partial charge in [0.25, 0.3) is 0 Å². The third kappa shape index (κ3) is 6.08. The molecule has 1 aromatic rings. The largest absolute Gasteiger partial charge is 0.364 e. The molecule has 0 saturated heterocycles. The molecule has 0 heterocycles. The summed E-state index contributed by atoms with van der Waals surface area (Å²) in [6, 6.07) is 7.62. The van der Waals surface area contributed by atoms with Crippen LogP contribution >= 0.6 is 37.1 Å². The minimum Gasteiger partial charge on any atom is -0.364 e. The first-order chi connectivity index (χ1) is 10.5. The van der Waals surface area contributed by atoms with Gasteiger partial charge in [0.1, 0.15) is 5.71 Å². The fraction of sp³-hybridized carbons (Fsp3) is 0.286. The highest BCUT2D eigenvalue weighted by Gasteiger charge is 2.09. The van der Waals surface area contributed by atoms with Crippen molar-refractivity contribution < 1.29 is 0 Å². The predicted molar refractivity (Wildman–Crippen MR) is 104 cm³/mol. The normalized spacial score (nSPS) is 11.8. The van der Waals surface area contributed by atoms with Crippen LogP contribution in [0.15, 0.2) is 39.4 Å². The molecule has 0 spiro atoms. The SMILES string of the molecule is CCC(=S)NN=C(C)C(=NNC(=S)NC)c1ccc(S)cc1. The van der Waals surface area contributed by atoms with Crippen LogP contribution in [-0.2, 0) is 0 Å². The molecule has 0 bridgehead atoms. The van der Waals surface area contributed by atoms with Crippen LogP contribution in [0.1, 0.15) is 25.8 Å². The van der Waals surface area contributed by atoms with Crippen LogP contribution in [0.3, 0.4) is 0 Å². The van der Waals surface area contributed by atoms with Crippen LogP contribution < -0.4 is 16.2 Å². The predicted octanol–water partition coefficient (Wildman–Crippen LogP) is 2.48. The number of hydrazone groups is 2. The van der Waals surface area contributed by atoms with Gasteiger partial charge in [0.05, 0.1) is 10.7 Å². The molecule has 0 aliphatic heterocycles. The molecule has 0 amide bonds. The van der Waals surface area contributed by atoms with Crippen LogP contribution in [0, 0.1) is 0 Å². The lowest BCUT2D eigenvalue weighted by Gasteiger charge is -2.09. The molecule has 0 radical (unpaired) electrons. The molecule has 1 aromatic carbocycles. The number of nitrogens with zero attached hydrogens (tertiary/aromatic N) is 2. The summed E-state index contributed by atoms with van der Waals surface area (Å²) < 4.78 is 0. The van der Waals surface area contributed by atoms with Crippen LogP contribution in [0.25, 0.3) is 0 Å². The molecular weight excluding hydrogens is 334 g/mol. The Kier molecular flexibility index (Phi) is 8.00. The summed E-state index contributed by atoms with van der Waals surface area (Å²) in [6.07, 6.45) is 0.731. The fourth-order valence-corrected chi connectivity index (χ4v) is 1.65. The number of rotatable bonds is 5. The maximum Gasteiger partial charge on any atom is 0.186 e. The monoisotopic (exact) mass is 353 g/mol. The van der Waals surface area contributed by atoms with Crippen LogP contribution in [0.5, 0.6) is 0 Å². The molecule has 5 nitrogen and oxygen atoms in total. The van der Waals surface area contributed by atoms with Crippen molar-refractivity contribution in [1.29, 1.82) is 0 Å². The van der Waals surface area contributed by atoms with E-state index in [0.29, 0.717) is 21.5 Å². The van der Waals surface area contributed by atoms with E-state index in [0.717, 1.165) is 16.9 Å². The van der Waals surface area contributed by atoms with E-state index >= 15 is 0 Å². The Labute approximate surface area is 147 Å². The van der Waals surface area contributed by atoms with E-state index in [1.165, 1.54) is 0 Å². The van der Waals surface area contributed by atoms with E-state index in [4.69, 9.17) is 24.4 Å². The summed E-state index contributed by atoms with van der Waals surface area (Å²) in [5, 5.41) is 11.8. The van der Waals surface area contributed by atoms with Gasteiger partial charge in [-0.15, -0.1) is 12.6 Å². The summed E-state index contributed by atoms with van der Waals surface area (Å²) >= 11 is 14.4. The molecule has 0 unspecified atom stereocenters. The first kappa shape index (κ1) is 18.5. The van der Waals surface area contributed by atoms with Crippen molar-refractivity contribution in [2.45, 2.75) is 25.2 Å². The second kappa shape index (κ2) is 9.50. The minimum atomic E-state index is 0.424. The van der Waals surface area contributed by atoms with E-state index in [-0.39, 0.29) is 0 Å². The van der Waals surface area contributed by atoms with E-state index in [1.54, 1.807) is 7.05 Å². The Balaban J connectivity index is 3.07. The minimum absolute atomic E-state index is 0.424. The lowest BCUT2D eigenvalue weighted by Crippen LogP contribution is -2.31. The molecular formula is C14H19N5S3. The number of thiocarbonyl (C=S) groups is 2. The molecule has 8 heteroatoms. The fourth-order valence-electron chi connectivity index (χ4n) is 1.41. The molecule has 0 saturated carbocycles. The van der Waals surface area contributed by atoms with Crippen LogP contribution in [-0.4, -0.2) is 28.6 Å². The standard InChI is InChI=1S/C14H19N5S3/c1-4-12(21)17-16-9(2)13(18-19-14(22)15-3)10-5-7-11(20)8-6-10/h5-8,20H,4H2,1-3H3,(H,17,21)(H2,15,19,22). The van der Waals surface area contributed by atoms with E-state index in [9.17, 15) is 0 Å². The lowest BCUT2D eigenvalue weighted by atomic mass is 10.1.